The molecule has 0 saturated carbocycles. The Kier molecular flexibility index (Phi) is 5.14. The molecular weight excluding hydrogens is 400 g/mol. The molecule has 6 heteroatoms. The largest absolute Gasteiger partial charge is 0.507 e. The minimum atomic E-state index is -0.821. The van der Waals surface area contributed by atoms with Crippen molar-refractivity contribution in [2.75, 3.05) is 4.90 Å². The number of hydrogen-bond acceptors (Lipinski definition) is 4. The van der Waals surface area contributed by atoms with Crippen molar-refractivity contribution in [2.45, 2.75) is 19.9 Å². The van der Waals surface area contributed by atoms with Gasteiger partial charge < -0.3 is 5.11 Å². The zero-order chi connectivity index (χ0) is 21.4. The van der Waals surface area contributed by atoms with Crippen LogP contribution in [0.1, 0.15) is 28.3 Å². The highest BCUT2D eigenvalue weighted by molar-refractivity contribution is 6.51. The van der Waals surface area contributed by atoms with Gasteiger partial charge in [-0.1, -0.05) is 35.9 Å². The number of hydrogen-bond donors (Lipinski definition) is 1. The molecular formula is C24H19ClN2O3. The smallest absolute Gasteiger partial charge is 0.300 e. The van der Waals surface area contributed by atoms with Crippen molar-refractivity contribution >= 4 is 34.7 Å². The van der Waals surface area contributed by atoms with Crippen molar-refractivity contribution in [3.05, 3.63) is 99.8 Å². The molecule has 1 aromatic heterocycles. The summed E-state index contributed by atoms with van der Waals surface area (Å²) in [7, 11) is 0. The number of carbonyl (C=O) groups is 2. The number of aryl methyl sites for hydroxylation is 2. The zero-order valence-electron chi connectivity index (χ0n) is 16.5. The van der Waals surface area contributed by atoms with E-state index in [-0.39, 0.29) is 11.3 Å². The maximum Gasteiger partial charge on any atom is 0.300 e. The van der Waals surface area contributed by atoms with Crippen LogP contribution in [0.5, 0.6) is 0 Å². The minimum Gasteiger partial charge on any atom is -0.507 e. The molecule has 0 radical (unpaired) electrons. The van der Waals surface area contributed by atoms with E-state index in [4.69, 9.17) is 11.6 Å². The molecule has 0 bridgehead atoms. The van der Waals surface area contributed by atoms with Crippen molar-refractivity contribution in [3.8, 4) is 0 Å². The fourth-order valence-corrected chi connectivity index (χ4v) is 3.81. The molecule has 0 aliphatic carbocycles. The Balaban J connectivity index is 1.95. The summed E-state index contributed by atoms with van der Waals surface area (Å²) >= 11 is 6.13. The van der Waals surface area contributed by atoms with Crippen LogP contribution in [0.25, 0.3) is 5.76 Å². The van der Waals surface area contributed by atoms with Crippen molar-refractivity contribution in [1.29, 1.82) is 0 Å². The van der Waals surface area contributed by atoms with Crippen LogP contribution < -0.4 is 4.90 Å². The second-order valence-corrected chi connectivity index (χ2v) is 7.67. The molecule has 1 aliphatic rings. The number of anilines is 1. The van der Waals surface area contributed by atoms with Crippen LogP contribution in [0.4, 0.5) is 5.69 Å². The molecule has 3 aromatic rings. The lowest BCUT2D eigenvalue weighted by molar-refractivity contribution is -0.132. The number of ketones is 1. The SMILES string of the molecule is Cc1ccc(/C(O)=C2\C(=O)C(=O)N(c3cccc(Cl)c3)C2c2cccnc2)cc1C. The normalized spacial score (nSPS) is 18.1. The van der Waals surface area contributed by atoms with E-state index in [2.05, 4.69) is 4.98 Å². The molecule has 30 heavy (non-hydrogen) atoms. The number of amides is 1. The molecule has 1 N–H and O–H groups in total. The van der Waals surface area contributed by atoms with Gasteiger partial charge in [0.05, 0.1) is 11.6 Å². The number of pyridine rings is 1. The third kappa shape index (κ3) is 3.37. The van der Waals surface area contributed by atoms with Gasteiger partial charge in [0, 0.05) is 28.7 Å². The number of carbonyl (C=O) groups excluding carboxylic acids is 2. The fourth-order valence-electron chi connectivity index (χ4n) is 3.62. The first-order chi connectivity index (χ1) is 14.4. The van der Waals surface area contributed by atoms with Crippen molar-refractivity contribution < 1.29 is 14.7 Å². The van der Waals surface area contributed by atoms with Gasteiger partial charge in [-0.15, -0.1) is 0 Å². The number of benzene rings is 2. The molecule has 1 amide bonds. The molecule has 1 aliphatic heterocycles. The fraction of sp³-hybridized carbons (Fsp3) is 0.125. The van der Waals surface area contributed by atoms with E-state index in [1.54, 1.807) is 60.9 Å². The van der Waals surface area contributed by atoms with Gasteiger partial charge in [-0.05, 0) is 60.9 Å². The van der Waals surface area contributed by atoms with E-state index in [0.717, 1.165) is 11.1 Å². The molecule has 150 valence electrons. The Morgan fingerprint density at radius 3 is 2.50 bits per heavy atom. The van der Waals surface area contributed by atoms with E-state index in [9.17, 15) is 14.7 Å². The maximum atomic E-state index is 13.1. The maximum absolute atomic E-state index is 13.1. The van der Waals surface area contributed by atoms with Gasteiger partial charge in [0.1, 0.15) is 5.76 Å². The second kappa shape index (κ2) is 7.76. The van der Waals surface area contributed by atoms with Crippen molar-refractivity contribution in [2.24, 2.45) is 0 Å². The van der Waals surface area contributed by atoms with Gasteiger partial charge >= 0.3 is 0 Å². The molecule has 1 unspecified atom stereocenters. The van der Waals surface area contributed by atoms with Crippen LogP contribution in [-0.4, -0.2) is 21.8 Å². The van der Waals surface area contributed by atoms with Crippen LogP contribution in [0.2, 0.25) is 5.02 Å². The zero-order valence-corrected chi connectivity index (χ0v) is 17.2. The highest BCUT2D eigenvalue weighted by atomic mass is 35.5. The summed E-state index contributed by atoms with van der Waals surface area (Å²) in [6.45, 7) is 3.89. The predicted octanol–water partition coefficient (Wildman–Crippen LogP) is 4.98. The first-order valence-corrected chi connectivity index (χ1v) is 9.80. The molecule has 1 fully saturated rings. The third-order valence-corrected chi connectivity index (χ3v) is 5.55. The van der Waals surface area contributed by atoms with Gasteiger partial charge in [0.2, 0.25) is 0 Å². The van der Waals surface area contributed by atoms with Crippen LogP contribution in [0.15, 0.2) is 72.6 Å². The molecule has 1 saturated heterocycles. The molecule has 5 nitrogen and oxygen atoms in total. The quantitative estimate of drug-likeness (QED) is 0.370. The van der Waals surface area contributed by atoms with Crippen LogP contribution in [-0.2, 0) is 9.59 Å². The monoisotopic (exact) mass is 418 g/mol. The Bertz CT molecular complexity index is 1190. The summed E-state index contributed by atoms with van der Waals surface area (Å²) in [4.78, 5) is 31.6. The Hall–Kier alpha value is -3.44. The predicted molar refractivity (Wildman–Crippen MR) is 116 cm³/mol. The van der Waals surface area contributed by atoms with Crippen LogP contribution >= 0.6 is 11.6 Å². The molecule has 2 heterocycles. The first kappa shape index (κ1) is 19.9. The lowest BCUT2D eigenvalue weighted by atomic mass is 9.95. The summed E-state index contributed by atoms with van der Waals surface area (Å²) in [5, 5.41) is 11.5. The summed E-state index contributed by atoms with van der Waals surface area (Å²) in [6, 6.07) is 14.8. The topological polar surface area (TPSA) is 70.5 Å². The average molecular weight is 419 g/mol. The number of Topliss-reactive ketones (excluding diaryl/α,β-unsaturated/α-hetero) is 1. The van der Waals surface area contributed by atoms with E-state index in [0.29, 0.717) is 21.8 Å². The average Bonchev–Trinajstić information content (AvgIpc) is 3.01. The number of aliphatic hydroxyl groups is 1. The van der Waals surface area contributed by atoms with E-state index in [1.165, 1.54) is 4.90 Å². The third-order valence-electron chi connectivity index (χ3n) is 5.31. The van der Waals surface area contributed by atoms with Gasteiger partial charge in [-0.25, -0.2) is 0 Å². The van der Waals surface area contributed by atoms with Gasteiger partial charge in [0.15, 0.2) is 0 Å². The summed E-state index contributed by atoms with van der Waals surface area (Å²) in [5.74, 6) is -1.69. The Morgan fingerprint density at radius 2 is 1.83 bits per heavy atom. The van der Waals surface area contributed by atoms with Crippen LogP contribution in [0, 0.1) is 13.8 Å². The van der Waals surface area contributed by atoms with Crippen molar-refractivity contribution in [1.82, 2.24) is 4.98 Å². The van der Waals surface area contributed by atoms with Crippen LogP contribution in [0.3, 0.4) is 0 Å². The molecule has 4 rings (SSSR count). The first-order valence-electron chi connectivity index (χ1n) is 9.42. The molecule has 0 spiro atoms. The number of aliphatic hydroxyl groups excluding tert-OH is 1. The van der Waals surface area contributed by atoms with E-state index >= 15 is 0 Å². The summed E-state index contributed by atoms with van der Waals surface area (Å²) in [5.41, 5.74) is 3.63. The van der Waals surface area contributed by atoms with Gasteiger partial charge in [0.25, 0.3) is 11.7 Å². The highest BCUT2D eigenvalue weighted by Gasteiger charge is 2.47. The van der Waals surface area contributed by atoms with E-state index < -0.39 is 17.7 Å². The van der Waals surface area contributed by atoms with Gasteiger partial charge in [-0.2, -0.15) is 0 Å². The number of halogens is 1. The standard InChI is InChI=1S/C24H19ClN2O3/c1-14-8-9-16(11-15(14)2)22(28)20-21(17-5-4-10-26-13-17)27(24(30)23(20)29)19-7-3-6-18(25)12-19/h3-13,21,28H,1-2H3/b22-20+. The lowest BCUT2D eigenvalue weighted by Gasteiger charge is -2.25. The lowest BCUT2D eigenvalue weighted by Crippen LogP contribution is -2.29. The second-order valence-electron chi connectivity index (χ2n) is 7.23. The van der Waals surface area contributed by atoms with E-state index in [1.807, 2.05) is 19.9 Å². The minimum absolute atomic E-state index is 0.0243. The summed E-state index contributed by atoms with van der Waals surface area (Å²) < 4.78 is 0. The summed E-state index contributed by atoms with van der Waals surface area (Å²) in [6.07, 6.45) is 3.19. The number of aromatic nitrogens is 1. The Morgan fingerprint density at radius 1 is 1.03 bits per heavy atom. The van der Waals surface area contributed by atoms with Crippen molar-refractivity contribution in [3.63, 3.8) is 0 Å². The Labute approximate surface area is 179 Å². The highest BCUT2D eigenvalue weighted by Crippen LogP contribution is 2.42. The number of nitrogens with zero attached hydrogens (tertiary/aromatic N) is 2. The molecule has 2 aromatic carbocycles. The molecule has 1 atom stereocenters. The number of rotatable bonds is 3. The van der Waals surface area contributed by atoms with Gasteiger partial charge in [-0.3, -0.25) is 19.5 Å².